The number of nitrogens with two attached hydrogens (primary N) is 1. The zero-order valence-corrected chi connectivity index (χ0v) is 15.0. The summed E-state index contributed by atoms with van der Waals surface area (Å²) < 4.78 is 20.7. The topological polar surface area (TPSA) is 64.3 Å². The van der Waals surface area contributed by atoms with Crippen LogP contribution in [0.25, 0.3) is 0 Å². The molecule has 0 radical (unpaired) electrons. The summed E-state index contributed by atoms with van der Waals surface area (Å²) in [6.07, 6.45) is 0.811. The molecule has 0 aliphatic carbocycles. The Labute approximate surface area is 152 Å². The van der Waals surface area contributed by atoms with Gasteiger partial charge in [-0.15, -0.1) is 0 Å². The molecule has 2 atom stereocenters. The first kappa shape index (κ1) is 19.2. The molecule has 0 aliphatic rings. The van der Waals surface area contributed by atoms with Crippen LogP contribution >= 0.6 is 11.6 Å². The molecular weight excluding hydrogens is 343 g/mol. The van der Waals surface area contributed by atoms with Crippen LogP contribution in [0.15, 0.2) is 42.5 Å². The number of carbonyl (C=O) groups is 1. The second-order valence-electron chi connectivity index (χ2n) is 5.89. The number of rotatable bonds is 8. The summed E-state index contributed by atoms with van der Waals surface area (Å²) in [4.78, 5) is 11.1. The number of halogens is 2. The first-order valence-corrected chi connectivity index (χ1v) is 8.55. The van der Waals surface area contributed by atoms with E-state index in [2.05, 4.69) is 5.32 Å². The van der Waals surface area contributed by atoms with Crippen LogP contribution < -0.4 is 15.8 Å². The number of benzene rings is 2. The molecule has 2 aromatic rings. The zero-order chi connectivity index (χ0) is 18.4. The van der Waals surface area contributed by atoms with Gasteiger partial charge in [-0.3, -0.25) is 4.79 Å². The molecule has 0 aromatic heterocycles. The van der Waals surface area contributed by atoms with E-state index in [1.807, 2.05) is 19.9 Å². The van der Waals surface area contributed by atoms with E-state index in [9.17, 15) is 4.79 Å². The minimum absolute atomic E-state index is 0.00632. The van der Waals surface area contributed by atoms with E-state index in [-0.39, 0.29) is 29.3 Å². The van der Waals surface area contributed by atoms with Gasteiger partial charge in [0, 0.05) is 24.1 Å². The minimum atomic E-state index is -0.512. The third-order valence-corrected chi connectivity index (χ3v) is 4.12. The number of nitrogens with one attached hydrogen (secondary N) is 1. The van der Waals surface area contributed by atoms with Crippen molar-refractivity contribution >= 4 is 17.5 Å². The molecule has 0 saturated heterocycles. The SMILES string of the molecule is CC[C@@H](N[C@@H](C)CC(N)=O)c1ccc(Cl)c(Oc2ccccc2)c1F. The molecular formula is C19H22ClFN2O2. The molecule has 0 heterocycles. The van der Waals surface area contributed by atoms with Crippen molar-refractivity contribution in [1.29, 1.82) is 0 Å². The number of hydrogen-bond acceptors (Lipinski definition) is 3. The maximum absolute atomic E-state index is 15.0. The van der Waals surface area contributed by atoms with Crippen LogP contribution in [-0.2, 0) is 4.79 Å². The molecule has 1 amide bonds. The highest BCUT2D eigenvalue weighted by atomic mass is 35.5. The maximum atomic E-state index is 15.0. The van der Waals surface area contributed by atoms with Gasteiger partial charge in [-0.2, -0.15) is 0 Å². The van der Waals surface area contributed by atoms with Crippen LogP contribution in [0.2, 0.25) is 5.02 Å². The Balaban J connectivity index is 2.28. The number of carbonyl (C=O) groups excluding carboxylic acids is 1. The lowest BCUT2D eigenvalue weighted by molar-refractivity contribution is -0.118. The summed E-state index contributed by atoms with van der Waals surface area (Å²) >= 11 is 6.13. The number of ether oxygens (including phenoxy) is 1. The lowest BCUT2D eigenvalue weighted by atomic mass is 10.0. The van der Waals surface area contributed by atoms with E-state index < -0.39 is 11.7 Å². The lowest BCUT2D eigenvalue weighted by Gasteiger charge is -2.23. The predicted octanol–water partition coefficient (Wildman–Crippen LogP) is 4.58. The fourth-order valence-electron chi connectivity index (χ4n) is 2.65. The summed E-state index contributed by atoms with van der Waals surface area (Å²) in [7, 11) is 0. The second kappa shape index (κ2) is 8.83. The van der Waals surface area contributed by atoms with Crippen molar-refractivity contribution in [3.8, 4) is 11.5 Å². The van der Waals surface area contributed by atoms with Gasteiger partial charge >= 0.3 is 0 Å². The van der Waals surface area contributed by atoms with Crippen LogP contribution in [0.4, 0.5) is 4.39 Å². The molecule has 2 rings (SSSR count). The smallest absolute Gasteiger partial charge is 0.218 e. The highest BCUT2D eigenvalue weighted by molar-refractivity contribution is 6.32. The predicted molar refractivity (Wildman–Crippen MR) is 97.4 cm³/mol. The minimum Gasteiger partial charge on any atom is -0.453 e. The van der Waals surface area contributed by atoms with Crippen molar-refractivity contribution in [3.05, 3.63) is 58.9 Å². The van der Waals surface area contributed by atoms with Crippen LogP contribution in [0.1, 0.15) is 38.3 Å². The van der Waals surface area contributed by atoms with Gasteiger partial charge in [-0.05, 0) is 31.5 Å². The molecule has 0 fully saturated rings. The molecule has 25 heavy (non-hydrogen) atoms. The van der Waals surface area contributed by atoms with Gasteiger partial charge < -0.3 is 15.8 Å². The average Bonchev–Trinajstić information content (AvgIpc) is 2.57. The van der Waals surface area contributed by atoms with Crippen LogP contribution in [0.3, 0.4) is 0 Å². The van der Waals surface area contributed by atoms with Crippen molar-refractivity contribution in [2.75, 3.05) is 0 Å². The molecule has 3 N–H and O–H groups in total. The van der Waals surface area contributed by atoms with Crippen LogP contribution in [-0.4, -0.2) is 11.9 Å². The Morgan fingerprint density at radius 1 is 1.28 bits per heavy atom. The van der Waals surface area contributed by atoms with Gasteiger partial charge in [0.05, 0.1) is 5.02 Å². The van der Waals surface area contributed by atoms with E-state index in [1.165, 1.54) is 0 Å². The standard InChI is InChI=1S/C19H22ClFN2O2/c1-3-16(23-12(2)11-17(22)24)14-9-10-15(20)19(18(14)21)25-13-7-5-4-6-8-13/h4-10,12,16,23H,3,11H2,1-2H3,(H2,22,24)/t12-,16+/m0/s1. The van der Waals surface area contributed by atoms with Crippen molar-refractivity contribution in [3.63, 3.8) is 0 Å². The molecule has 0 saturated carbocycles. The maximum Gasteiger partial charge on any atom is 0.218 e. The molecule has 2 aromatic carbocycles. The number of hydrogen-bond donors (Lipinski definition) is 2. The quantitative estimate of drug-likeness (QED) is 0.720. The molecule has 0 unspecified atom stereocenters. The van der Waals surface area contributed by atoms with Gasteiger partial charge in [-0.25, -0.2) is 4.39 Å². The lowest BCUT2D eigenvalue weighted by Crippen LogP contribution is -2.34. The van der Waals surface area contributed by atoms with Crippen molar-refractivity contribution in [2.45, 2.75) is 38.8 Å². The fraction of sp³-hybridized carbons (Fsp3) is 0.316. The van der Waals surface area contributed by atoms with Crippen molar-refractivity contribution < 1.29 is 13.9 Å². The van der Waals surface area contributed by atoms with Gasteiger partial charge in [0.1, 0.15) is 5.75 Å². The van der Waals surface area contributed by atoms with E-state index in [4.69, 9.17) is 22.1 Å². The summed E-state index contributed by atoms with van der Waals surface area (Å²) in [5.74, 6) is -0.418. The van der Waals surface area contributed by atoms with Crippen molar-refractivity contribution in [2.24, 2.45) is 5.73 Å². The summed E-state index contributed by atoms with van der Waals surface area (Å²) in [5, 5.41) is 3.43. The summed E-state index contributed by atoms with van der Waals surface area (Å²) in [5.41, 5.74) is 5.66. The molecule has 0 aliphatic heterocycles. The molecule has 0 spiro atoms. The van der Waals surface area contributed by atoms with Crippen LogP contribution in [0.5, 0.6) is 11.5 Å². The molecule has 134 valence electrons. The van der Waals surface area contributed by atoms with Crippen LogP contribution in [0, 0.1) is 5.82 Å². The Hall–Kier alpha value is -2.11. The van der Waals surface area contributed by atoms with E-state index in [0.717, 1.165) is 0 Å². The van der Waals surface area contributed by atoms with Gasteiger partial charge in [0.25, 0.3) is 0 Å². The summed E-state index contributed by atoms with van der Waals surface area (Å²) in [6.45, 7) is 3.77. The normalized spacial score (nSPS) is 13.3. The highest BCUT2D eigenvalue weighted by Gasteiger charge is 2.22. The molecule has 0 bridgehead atoms. The number of amides is 1. The van der Waals surface area contributed by atoms with E-state index in [1.54, 1.807) is 36.4 Å². The molecule has 6 heteroatoms. The average molecular weight is 365 g/mol. The second-order valence-corrected chi connectivity index (χ2v) is 6.30. The number of primary amides is 1. The zero-order valence-electron chi connectivity index (χ0n) is 14.3. The fourth-order valence-corrected chi connectivity index (χ4v) is 2.83. The first-order valence-electron chi connectivity index (χ1n) is 8.17. The molecule has 4 nitrogen and oxygen atoms in total. The third kappa shape index (κ3) is 5.18. The largest absolute Gasteiger partial charge is 0.453 e. The van der Waals surface area contributed by atoms with Gasteiger partial charge in [0.15, 0.2) is 11.6 Å². The monoisotopic (exact) mass is 364 g/mol. The Kier molecular flexibility index (Phi) is 6.79. The third-order valence-electron chi connectivity index (χ3n) is 3.82. The number of para-hydroxylation sites is 1. The Morgan fingerprint density at radius 2 is 1.96 bits per heavy atom. The highest BCUT2D eigenvalue weighted by Crippen LogP contribution is 2.36. The van der Waals surface area contributed by atoms with E-state index >= 15 is 4.39 Å². The van der Waals surface area contributed by atoms with Crippen molar-refractivity contribution in [1.82, 2.24) is 5.32 Å². The Bertz CT molecular complexity index is 725. The van der Waals surface area contributed by atoms with E-state index in [0.29, 0.717) is 17.7 Å². The summed E-state index contributed by atoms with van der Waals surface area (Å²) in [6, 6.07) is 11.7. The Morgan fingerprint density at radius 3 is 2.56 bits per heavy atom. The van der Waals surface area contributed by atoms with Gasteiger partial charge in [0.2, 0.25) is 5.91 Å². The van der Waals surface area contributed by atoms with Gasteiger partial charge in [-0.1, -0.05) is 42.8 Å². The first-order chi connectivity index (χ1) is 11.9.